The van der Waals surface area contributed by atoms with Crippen LogP contribution in [0.4, 0.5) is 11.5 Å². The third-order valence-electron chi connectivity index (χ3n) is 7.71. The summed E-state index contributed by atoms with van der Waals surface area (Å²) < 4.78 is 14.7. The Hall–Kier alpha value is -5.42. The lowest BCUT2D eigenvalue weighted by Gasteiger charge is -2.29. The number of carbonyl (C=O) groups is 1. The summed E-state index contributed by atoms with van der Waals surface area (Å²) in [6.45, 7) is 2.37. The number of ether oxygens (including phenoxy) is 2. The van der Waals surface area contributed by atoms with E-state index in [4.69, 9.17) is 15.2 Å². The van der Waals surface area contributed by atoms with Crippen LogP contribution in [0.2, 0.25) is 0 Å². The lowest BCUT2D eigenvalue weighted by molar-refractivity contribution is -0.114. The van der Waals surface area contributed by atoms with Crippen molar-refractivity contribution in [1.29, 1.82) is 0 Å². The van der Waals surface area contributed by atoms with Crippen LogP contribution in [0.25, 0.3) is 22.5 Å². The summed E-state index contributed by atoms with van der Waals surface area (Å²) in [6, 6.07) is 21.9. The van der Waals surface area contributed by atoms with E-state index in [-0.39, 0.29) is 17.4 Å². The number of nitrogens with one attached hydrogen (secondary N) is 1. The number of nitrogen functional groups attached to an aromatic ring is 1. The summed E-state index contributed by atoms with van der Waals surface area (Å²) in [5.74, 6) is 2.66. The Kier molecular flexibility index (Phi) is 7.29. The minimum absolute atomic E-state index is 0.154. The number of fused-ring (bicyclic) bond motifs is 2. The van der Waals surface area contributed by atoms with Crippen molar-refractivity contribution >= 4 is 28.6 Å². The Labute approximate surface area is 253 Å². The number of para-hydroxylation sites is 1. The van der Waals surface area contributed by atoms with Crippen LogP contribution >= 0.6 is 0 Å². The highest BCUT2D eigenvalue weighted by atomic mass is 16.5. The number of benzene rings is 3. The zero-order valence-electron chi connectivity index (χ0n) is 23.9. The molecule has 0 bridgehead atoms. The van der Waals surface area contributed by atoms with Crippen LogP contribution in [0.3, 0.4) is 0 Å². The van der Waals surface area contributed by atoms with E-state index >= 15 is 0 Å². The highest BCUT2D eigenvalue weighted by molar-refractivity contribution is 6.03. The molecule has 1 saturated carbocycles. The number of nitrogens with zero attached hydrogens (tertiary/aromatic N) is 5. The molecule has 11 heteroatoms. The topological polar surface area (TPSA) is 130 Å². The van der Waals surface area contributed by atoms with E-state index in [1.807, 2.05) is 36.4 Å². The van der Waals surface area contributed by atoms with Gasteiger partial charge in [-0.1, -0.05) is 24.3 Å². The van der Waals surface area contributed by atoms with Crippen molar-refractivity contribution < 1.29 is 14.3 Å². The van der Waals surface area contributed by atoms with Gasteiger partial charge < -0.3 is 25.4 Å². The van der Waals surface area contributed by atoms with Crippen LogP contribution in [0.1, 0.15) is 12.8 Å². The van der Waals surface area contributed by atoms with Crippen molar-refractivity contribution in [3.05, 3.63) is 102 Å². The monoisotopic (exact) mass is 589 g/mol. The van der Waals surface area contributed by atoms with E-state index in [2.05, 4.69) is 15.3 Å². The first-order chi connectivity index (χ1) is 21.6. The van der Waals surface area contributed by atoms with Gasteiger partial charge in [0.15, 0.2) is 11.5 Å². The van der Waals surface area contributed by atoms with Crippen LogP contribution < -0.4 is 31.1 Å². The predicted octanol–water partition coefficient (Wildman–Crippen LogP) is 4.23. The van der Waals surface area contributed by atoms with Crippen molar-refractivity contribution in [3.8, 4) is 28.6 Å². The quantitative estimate of drug-likeness (QED) is 0.193. The summed E-state index contributed by atoms with van der Waals surface area (Å²) in [5, 5.41) is 3.36. The molecule has 7 rings (SSSR count). The number of carbonyl (C=O) groups excluding carboxylic acids is 1. The SMILES string of the molecule is Nc1ncnc2c1n(-c1ccc(Oc3ccccc3)cc1)c(=O)n2-c1ccc2c(c1)N(C(=O)/C=C/CNCC1CC1)CCO2. The average molecular weight is 590 g/mol. The Morgan fingerprint density at radius 3 is 2.57 bits per heavy atom. The first kappa shape index (κ1) is 27.4. The van der Waals surface area contributed by atoms with Gasteiger partial charge in [-0.15, -0.1) is 0 Å². The van der Waals surface area contributed by atoms with Crippen LogP contribution in [0, 0.1) is 5.92 Å². The van der Waals surface area contributed by atoms with Gasteiger partial charge in [0.1, 0.15) is 35.7 Å². The largest absolute Gasteiger partial charge is 0.490 e. The lowest BCUT2D eigenvalue weighted by atomic mass is 10.2. The maximum Gasteiger partial charge on any atom is 0.339 e. The molecule has 3 N–H and O–H groups in total. The Morgan fingerprint density at radius 1 is 1.00 bits per heavy atom. The lowest BCUT2D eigenvalue weighted by Crippen LogP contribution is -2.37. The third-order valence-corrected chi connectivity index (χ3v) is 7.71. The van der Waals surface area contributed by atoms with Gasteiger partial charge in [0, 0.05) is 12.6 Å². The van der Waals surface area contributed by atoms with Crippen molar-refractivity contribution in [3.63, 3.8) is 0 Å². The van der Waals surface area contributed by atoms with Gasteiger partial charge in [-0.3, -0.25) is 9.36 Å². The fraction of sp³-hybridized carbons (Fsp3) is 0.212. The van der Waals surface area contributed by atoms with E-state index in [0.717, 1.165) is 12.5 Å². The first-order valence-corrected chi connectivity index (χ1v) is 14.6. The Morgan fingerprint density at radius 2 is 1.77 bits per heavy atom. The normalized spacial score (nSPS) is 14.5. The molecule has 1 amide bonds. The molecule has 222 valence electrons. The number of nitrogens with two attached hydrogens (primary N) is 1. The molecule has 3 heterocycles. The molecule has 44 heavy (non-hydrogen) atoms. The second-order valence-corrected chi connectivity index (χ2v) is 10.8. The number of aromatic nitrogens is 4. The molecule has 0 unspecified atom stereocenters. The minimum atomic E-state index is -0.389. The molecule has 0 radical (unpaired) electrons. The van der Waals surface area contributed by atoms with Gasteiger partial charge in [0.05, 0.1) is 23.6 Å². The number of anilines is 2. The second kappa shape index (κ2) is 11.7. The van der Waals surface area contributed by atoms with Gasteiger partial charge in [0.25, 0.3) is 5.91 Å². The predicted molar refractivity (Wildman–Crippen MR) is 168 cm³/mol. The van der Waals surface area contributed by atoms with Gasteiger partial charge in [-0.2, -0.15) is 0 Å². The Balaban J connectivity index is 1.23. The van der Waals surface area contributed by atoms with Crippen molar-refractivity contribution in [2.45, 2.75) is 12.8 Å². The highest BCUT2D eigenvalue weighted by Crippen LogP contribution is 2.35. The second-order valence-electron chi connectivity index (χ2n) is 10.8. The molecule has 0 saturated heterocycles. The molecule has 2 aromatic heterocycles. The summed E-state index contributed by atoms with van der Waals surface area (Å²) in [5.41, 5.74) is 8.29. The molecular formula is C33H31N7O4. The van der Waals surface area contributed by atoms with Crippen molar-refractivity contribution in [2.24, 2.45) is 5.92 Å². The number of imidazole rings is 1. The summed E-state index contributed by atoms with van der Waals surface area (Å²) in [6.07, 6.45) is 7.31. The summed E-state index contributed by atoms with van der Waals surface area (Å²) in [4.78, 5) is 37.6. The van der Waals surface area contributed by atoms with Gasteiger partial charge in [-0.05, 0) is 79.9 Å². The molecule has 1 aliphatic heterocycles. The van der Waals surface area contributed by atoms with Crippen molar-refractivity contribution in [2.75, 3.05) is 36.9 Å². The van der Waals surface area contributed by atoms with Gasteiger partial charge in [0.2, 0.25) is 0 Å². The molecule has 11 nitrogen and oxygen atoms in total. The third kappa shape index (κ3) is 5.40. The maximum atomic E-state index is 14.1. The fourth-order valence-electron chi connectivity index (χ4n) is 5.32. The maximum absolute atomic E-state index is 14.1. The average Bonchev–Trinajstić information content (AvgIpc) is 3.82. The fourth-order valence-corrected chi connectivity index (χ4v) is 5.32. The van der Waals surface area contributed by atoms with E-state index in [0.29, 0.717) is 65.2 Å². The summed E-state index contributed by atoms with van der Waals surface area (Å²) >= 11 is 0. The zero-order chi connectivity index (χ0) is 30.0. The van der Waals surface area contributed by atoms with Gasteiger partial charge in [-0.25, -0.2) is 19.3 Å². The number of amides is 1. The van der Waals surface area contributed by atoms with Crippen LogP contribution in [-0.2, 0) is 4.79 Å². The molecule has 0 spiro atoms. The van der Waals surface area contributed by atoms with Crippen LogP contribution in [0.15, 0.2) is 96.1 Å². The van der Waals surface area contributed by atoms with E-state index in [1.165, 1.54) is 28.3 Å². The number of hydrogen-bond donors (Lipinski definition) is 2. The standard InChI is InChI=1S/C33H31N7O4/c34-31-30-32(37-21-36-31)40(33(42)39(30)23-10-13-26(14-11-23)44-25-5-2-1-3-6-25)24-12-15-28-27(19-24)38(17-18-43-28)29(41)7-4-16-35-20-22-8-9-22/h1-7,10-15,19,21-22,35H,8-9,16-18,20H2,(H2,34,36,37)/b7-4+. The van der Waals surface area contributed by atoms with Gasteiger partial charge >= 0.3 is 5.69 Å². The smallest absolute Gasteiger partial charge is 0.339 e. The highest BCUT2D eigenvalue weighted by Gasteiger charge is 2.26. The number of rotatable bonds is 9. The first-order valence-electron chi connectivity index (χ1n) is 14.6. The molecule has 2 aliphatic rings. The Bertz CT molecular complexity index is 1910. The minimum Gasteiger partial charge on any atom is -0.490 e. The van der Waals surface area contributed by atoms with E-state index in [1.54, 1.807) is 53.4 Å². The van der Waals surface area contributed by atoms with E-state index < -0.39 is 0 Å². The van der Waals surface area contributed by atoms with Crippen molar-refractivity contribution in [1.82, 2.24) is 24.4 Å². The molecule has 1 fully saturated rings. The molecule has 1 aliphatic carbocycles. The van der Waals surface area contributed by atoms with E-state index in [9.17, 15) is 9.59 Å². The van der Waals surface area contributed by atoms with Crippen LogP contribution in [0.5, 0.6) is 17.2 Å². The molecular weight excluding hydrogens is 558 g/mol. The molecule has 5 aromatic rings. The zero-order valence-corrected chi connectivity index (χ0v) is 23.9. The number of hydrogen-bond acceptors (Lipinski definition) is 8. The molecule has 0 atom stereocenters. The van der Waals surface area contributed by atoms with Crippen LogP contribution in [-0.4, -0.2) is 51.3 Å². The molecule has 3 aromatic carbocycles. The summed E-state index contributed by atoms with van der Waals surface area (Å²) in [7, 11) is 0.